The number of imidazole rings is 1. The van der Waals surface area contributed by atoms with E-state index in [-0.39, 0.29) is 0 Å². The number of hydrogen-bond donors (Lipinski definition) is 0. The van der Waals surface area contributed by atoms with Crippen LogP contribution in [0.4, 0.5) is 0 Å². The predicted molar refractivity (Wildman–Crippen MR) is 81.8 cm³/mol. The van der Waals surface area contributed by atoms with Crippen LogP contribution in [0.3, 0.4) is 0 Å². The van der Waals surface area contributed by atoms with Crippen molar-refractivity contribution in [3.05, 3.63) is 30.0 Å². The third kappa shape index (κ3) is 1.59. The Kier molecular flexibility index (Phi) is 2.32. The molecule has 0 spiro atoms. The number of aromatic nitrogens is 3. The van der Waals surface area contributed by atoms with Gasteiger partial charge in [0.15, 0.2) is 5.76 Å². The smallest absolute Gasteiger partial charge is 0.294 e. The molecule has 1 aromatic carbocycles. The molecule has 0 fully saturated rings. The molecule has 110 valence electrons. The molecule has 5 rings (SSSR count). The van der Waals surface area contributed by atoms with Gasteiger partial charge in [0.25, 0.3) is 5.19 Å². The van der Waals surface area contributed by atoms with E-state index in [0.29, 0.717) is 11.8 Å². The molecule has 4 heterocycles. The van der Waals surface area contributed by atoms with E-state index in [4.69, 9.17) is 13.9 Å². The predicted octanol–water partition coefficient (Wildman–Crippen LogP) is 3.15. The van der Waals surface area contributed by atoms with Gasteiger partial charge >= 0.3 is 0 Å². The summed E-state index contributed by atoms with van der Waals surface area (Å²) in [6, 6.07) is 6.03. The van der Waals surface area contributed by atoms with Crippen LogP contribution < -0.4 is 9.47 Å². The van der Waals surface area contributed by atoms with Gasteiger partial charge in [0.05, 0.1) is 19.9 Å². The van der Waals surface area contributed by atoms with Crippen molar-refractivity contribution in [2.24, 2.45) is 0 Å². The largest absolute Gasteiger partial charge is 0.493 e. The molecule has 0 atom stereocenters. The fraction of sp³-hybridized carbons (Fsp3) is 0.200. The number of ether oxygens (including phenoxy) is 2. The number of benzene rings is 1. The second-order valence-corrected chi connectivity index (χ2v) is 6.01. The van der Waals surface area contributed by atoms with Gasteiger partial charge in [0, 0.05) is 17.4 Å². The van der Waals surface area contributed by atoms with Gasteiger partial charge in [0.1, 0.15) is 17.0 Å². The van der Waals surface area contributed by atoms with Crippen molar-refractivity contribution in [1.82, 2.24) is 14.6 Å². The summed E-state index contributed by atoms with van der Waals surface area (Å²) < 4.78 is 18.4. The molecule has 0 N–H and O–H groups in total. The monoisotopic (exact) mass is 313 g/mol. The highest BCUT2D eigenvalue weighted by Crippen LogP contribution is 2.37. The second-order valence-electron chi connectivity index (χ2n) is 5.10. The summed E-state index contributed by atoms with van der Waals surface area (Å²) in [4.78, 5) is 5.33. The molecule has 6 nitrogen and oxygen atoms in total. The number of nitrogens with zero attached hydrogens (tertiary/aromatic N) is 3. The van der Waals surface area contributed by atoms with Gasteiger partial charge in [0.2, 0.25) is 4.96 Å². The lowest BCUT2D eigenvalue weighted by atomic mass is 10.1. The van der Waals surface area contributed by atoms with Gasteiger partial charge in [-0.3, -0.25) is 0 Å². The number of rotatable bonds is 2. The maximum Gasteiger partial charge on any atom is 0.294 e. The highest BCUT2D eigenvalue weighted by Gasteiger charge is 2.20. The zero-order valence-electron chi connectivity index (χ0n) is 11.7. The summed E-state index contributed by atoms with van der Waals surface area (Å²) in [6.45, 7) is 0.717. The first-order valence-corrected chi connectivity index (χ1v) is 7.72. The first kappa shape index (κ1) is 12.0. The molecule has 1 aliphatic heterocycles. The number of fused-ring (bicyclic) bond motifs is 4. The van der Waals surface area contributed by atoms with Crippen molar-refractivity contribution in [2.45, 2.75) is 6.42 Å². The van der Waals surface area contributed by atoms with Gasteiger partial charge in [-0.1, -0.05) is 0 Å². The first-order chi connectivity index (χ1) is 10.8. The van der Waals surface area contributed by atoms with Gasteiger partial charge < -0.3 is 13.9 Å². The Labute approximate surface area is 128 Å². The van der Waals surface area contributed by atoms with Crippen LogP contribution in [0, 0.1) is 0 Å². The Hall–Kier alpha value is -2.54. The van der Waals surface area contributed by atoms with Gasteiger partial charge in [-0.2, -0.15) is 0 Å². The molecule has 22 heavy (non-hydrogen) atoms. The molecule has 0 radical (unpaired) electrons. The van der Waals surface area contributed by atoms with Crippen molar-refractivity contribution in [3.8, 4) is 22.4 Å². The van der Waals surface area contributed by atoms with Crippen molar-refractivity contribution < 1.29 is 13.9 Å². The number of methoxy groups -OCH3 is 1. The lowest BCUT2D eigenvalue weighted by Crippen LogP contribution is -1.85. The van der Waals surface area contributed by atoms with Crippen LogP contribution in [0.15, 0.2) is 28.8 Å². The molecule has 0 aliphatic carbocycles. The lowest BCUT2D eigenvalue weighted by molar-refractivity contribution is 0.357. The van der Waals surface area contributed by atoms with Crippen LogP contribution in [-0.4, -0.2) is 28.3 Å². The highest BCUT2D eigenvalue weighted by atomic mass is 32.1. The van der Waals surface area contributed by atoms with Crippen LogP contribution in [0.1, 0.15) is 5.56 Å². The minimum absolute atomic E-state index is 0.591. The molecular formula is C15H11N3O3S. The van der Waals surface area contributed by atoms with Gasteiger partial charge in [-0.25, -0.2) is 9.50 Å². The normalized spacial score (nSPS) is 13.7. The zero-order chi connectivity index (χ0) is 14.7. The highest BCUT2D eigenvalue weighted by molar-refractivity contribution is 7.18. The van der Waals surface area contributed by atoms with Crippen LogP contribution >= 0.6 is 11.3 Å². The van der Waals surface area contributed by atoms with Crippen LogP contribution in [-0.2, 0) is 6.42 Å². The molecule has 3 aromatic heterocycles. The molecule has 7 heteroatoms. The van der Waals surface area contributed by atoms with Crippen LogP contribution in [0.2, 0.25) is 0 Å². The first-order valence-electron chi connectivity index (χ1n) is 6.90. The minimum atomic E-state index is 0.591. The van der Waals surface area contributed by atoms with Gasteiger partial charge in [-0.15, -0.1) is 5.10 Å². The van der Waals surface area contributed by atoms with E-state index in [1.54, 1.807) is 11.6 Å². The zero-order valence-corrected chi connectivity index (χ0v) is 12.5. The summed E-state index contributed by atoms with van der Waals surface area (Å²) in [7, 11) is 1.60. The Morgan fingerprint density at radius 3 is 3.18 bits per heavy atom. The molecule has 1 aliphatic rings. The lowest BCUT2D eigenvalue weighted by Gasteiger charge is -1.97. The summed E-state index contributed by atoms with van der Waals surface area (Å²) in [5.74, 6) is 1.66. The third-order valence-electron chi connectivity index (χ3n) is 3.81. The van der Waals surface area contributed by atoms with E-state index < -0.39 is 0 Å². The van der Waals surface area contributed by atoms with Crippen molar-refractivity contribution in [3.63, 3.8) is 0 Å². The average molecular weight is 313 g/mol. The number of hydrogen-bond acceptors (Lipinski definition) is 6. The average Bonchev–Trinajstić information content (AvgIpc) is 3.26. The SMILES string of the molecule is COc1nn2cc(-c3cc4ccc5c(c4o3)CCO5)nc2s1. The summed E-state index contributed by atoms with van der Waals surface area (Å²) in [5.41, 5.74) is 2.81. The van der Waals surface area contributed by atoms with E-state index >= 15 is 0 Å². The molecule has 4 aromatic rings. The van der Waals surface area contributed by atoms with Crippen molar-refractivity contribution >= 4 is 27.3 Å². The van der Waals surface area contributed by atoms with Gasteiger partial charge in [-0.05, 0) is 29.5 Å². The van der Waals surface area contributed by atoms with Crippen molar-refractivity contribution in [2.75, 3.05) is 13.7 Å². The molecule has 0 bridgehead atoms. The van der Waals surface area contributed by atoms with E-state index in [1.807, 2.05) is 24.4 Å². The molecular weight excluding hydrogens is 302 g/mol. The van der Waals surface area contributed by atoms with Crippen LogP contribution in [0.25, 0.3) is 27.4 Å². The summed E-state index contributed by atoms with van der Waals surface area (Å²) >= 11 is 1.40. The fourth-order valence-corrected chi connectivity index (χ4v) is 3.49. The topological polar surface area (TPSA) is 61.8 Å². The summed E-state index contributed by atoms with van der Waals surface area (Å²) in [6.07, 6.45) is 2.74. The Morgan fingerprint density at radius 2 is 2.32 bits per heavy atom. The Bertz CT molecular complexity index is 982. The van der Waals surface area contributed by atoms with Crippen molar-refractivity contribution in [1.29, 1.82) is 0 Å². The third-order valence-corrected chi connectivity index (χ3v) is 4.69. The van der Waals surface area contributed by atoms with E-state index in [2.05, 4.69) is 10.1 Å². The van der Waals surface area contributed by atoms with E-state index in [0.717, 1.165) is 45.1 Å². The minimum Gasteiger partial charge on any atom is -0.493 e. The summed E-state index contributed by atoms with van der Waals surface area (Å²) in [5, 5.41) is 5.94. The molecule has 0 saturated carbocycles. The van der Waals surface area contributed by atoms with E-state index in [1.165, 1.54) is 11.3 Å². The van der Waals surface area contributed by atoms with Crippen LogP contribution in [0.5, 0.6) is 10.9 Å². The van der Waals surface area contributed by atoms with E-state index in [9.17, 15) is 0 Å². The maximum absolute atomic E-state index is 6.04. The Morgan fingerprint density at radius 1 is 1.36 bits per heavy atom. The standard InChI is InChI=1S/C15H11N3O3S/c1-19-15-17-18-7-10(16-14(18)22-15)12-6-8-2-3-11-9(4-5-20-11)13(8)21-12/h2-3,6-7H,4-5H2,1H3. The molecule has 0 unspecified atom stereocenters. The Balaban J connectivity index is 1.66. The second kappa shape index (κ2) is 4.23. The number of furan rings is 1. The maximum atomic E-state index is 6.04. The fourth-order valence-electron chi connectivity index (χ4n) is 2.79. The quantitative estimate of drug-likeness (QED) is 0.569. The molecule has 0 amide bonds. The molecule has 0 saturated heterocycles.